The molecule has 0 saturated heterocycles. The number of phosphoric ester groups is 2. The van der Waals surface area contributed by atoms with E-state index < -0.39 is 97.5 Å². The second kappa shape index (κ2) is 61.9. The molecule has 0 heterocycles. The molecule has 17 nitrogen and oxygen atoms in total. The largest absolute Gasteiger partial charge is 0.472 e. The minimum Gasteiger partial charge on any atom is -0.462 e. The van der Waals surface area contributed by atoms with Crippen LogP contribution >= 0.6 is 15.6 Å². The van der Waals surface area contributed by atoms with Gasteiger partial charge in [-0.3, -0.25) is 37.3 Å². The Labute approximate surface area is 549 Å². The Morgan fingerprint density at radius 2 is 0.511 bits per heavy atom. The predicted molar refractivity (Wildman–Crippen MR) is 363 cm³/mol. The Balaban J connectivity index is 5.15. The summed E-state index contributed by atoms with van der Waals surface area (Å²) in [7, 11) is -9.90. The standard InChI is InChI=1S/C71H138O17P2/c1-8-9-10-11-12-30-38-45-52-68(73)81-59-67(88-71(76)55-48-41-34-33-37-44-51-64(6)7)61-86-90(79,80)84-57-65(72)56-83-89(77,78)85-60-66(58-82-69(74)53-46-39-31-27-23-25-29-36-43-50-63(4)5)87-70(75)54-47-40-32-26-22-20-18-16-14-13-15-17-19-21-24-28-35-42-49-62(2)3/h62-67,72H,8-61H2,1-7H3,(H,77,78)(H,79,80)/t65-,66-,67-/m1/s1. The molecule has 19 heteroatoms. The number of aliphatic hydroxyl groups excluding tert-OH is 1. The molecular weight excluding hydrogens is 1190 g/mol. The maximum atomic E-state index is 13.0. The highest BCUT2D eigenvalue weighted by atomic mass is 31.2. The van der Waals surface area contributed by atoms with Crippen molar-refractivity contribution in [1.82, 2.24) is 0 Å². The van der Waals surface area contributed by atoms with Gasteiger partial charge in [0.15, 0.2) is 12.2 Å². The van der Waals surface area contributed by atoms with Crippen LogP contribution in [0, 0.1) is 17.8 Å². The highest BCUT2D eigenvalue weighted by molar-refractivity contribution is 7.47. The molecule has 0 aromatic carbocycles. The van der Waals surface area contributed by atoms with Gasteiger partial charge in [-0.05, 0) is 43.4 Å². The fourth-order valence-electron chi connectivity index (χ4n) is 10.7. The zero-order valence-electron chi connectivity index (χ0n) is 58.6. The quantitative estimate of drug-likeness (QED) is 0.0222. The average molecular weight is 1330 g/mol. The number of phosphoric acid groups is 2. The lowest BCUT2D eigenvalue weighted by atomic mass is 10.0. The Morgan fingerprint density at radius 1 is 0.300 bits per heavy atom. The molecule has 0 aliphatic heterocycles. The number of esters is 4. The number of rotatable bonds is 69. The number of hydrogen-bond donors (Lipinski definition) is 3. The third-order valence-corrected chi connectivity index (χ3v) is 18.3. The topological polar surface area (TPSA) is 237 Å². The molecule has 2 unspecified atom stereocenters. The highest BCUT2D eigenvalue weighted by Crippen LogP contribution is 2.45. The van der Waals surface area contributed by atoms with E-state index in [2.05, 4.69) is 48.5 Å². The monoisotopic (exact) mass is 1320 g/mol. The van der Waals surface area contributed by atoms with Gasteiger partial charge in [-0.1, -0.05) is 305 Å². The van der Waals surface area contributed by atoms with E-state index in [4.69, 9.17) is 37.0 Å². The Morgan fingerprint density at radius 3 is 0.756 bits per heavy atom. The van der Waals surface area contributed by atoms with Crippen LogP contribution in [0.2, 0.25) is 0 Å². The average Bonchev–Trinajstić information content (AvgIpc) is 2.84. The third kappa shape index (κ3) is 64.8. The van der Waals surface area contributed by atoms with Gasteiger partial charge in [0.2, 0.25) is 0 Å². The van der Waals surface area contributed by atoms with Crippen LogP contribution in [0.1, 0.15) is 357 Å². The van der Waals surface area contributed by atoms with Crippen molar-refractivity contribution in [2.24, 2.45) is 17.8 Å². The van der Waals surface area contributed by atoms with E-state index >= 15 is 0 Å². The molecule has 0 aliphatic carbocycles. The van der Waals surface area contributed by atoms with E-state index in [1.165, 1.54) is 161 Å². The number of aliphatic hydroxyl groups is 1. The summed E-state index contributed by atoms with van der Waals surface area (Å²) in [6, 6.07) is 0. The molecule has 0 spiro atoms. The van der Waals surface area contributed by atoms with Gasteiger partial charge in [-0.25, -0.2) is 9.13 Å². The summed E-state index contributed by atoms with van der Waals surface area (Å²) in [5.41, 5.74) is 0. The summed E-state index contributed by atoms with van der Waals surface area (Å²) in [5.74, 6) is 0.101. The van der Waals surface area contributed by atoms with Crippen LogP contribution in [0.25, 0.3) is 0 Å². The summed E-state index contributed by atoms with van der Waals surface area (Å²) < 4.78 is 68.2. The maximum Gasteiger partial charge on any atom is 0.472 e. The molecule has 0 radical (unpaired) electrons. The van der Waals surface area contributed by atoms with Gasteiger partial charge in [0.1, 0.15) is 19.3 Å². The second-order valence-corrected chi connectivity index (χ2v) is 30.0. The summed E-state index contributed by atoms with van der Waals surface area (Å²) in [5, 5.41) is 10.6. The van der Waals surface area contributed by atoms with E-state index in [1.807, 2.05) is 0 Å². The van der Waals surface area contributed by atoms with Crippen molar-refractivity contribution in [2.75, 3.05) is 39.6 Å². The Bertz CT molecular complexity index is 1770. The number of hydrogen-bond acceptors (Lipinski definition) is 15. The molecule has 0 rings (SSSR count). The van der Waals surface area contributed by atoms with Crippen LogP contribution in [0.3, 0.4) is 0 Å². The van der Waals surface area contributed by atoms with Gasteiger partial charge in [-0.2, -0.15) is 0 Å². The van der Waals surface area contributed by atoms with E-state index in [9.17, 15) is 43.2 Å². The summed E-state index contributed by atoms with van der Waals surface area (Å²) in [4.78, 5) is 72.4. The minimum absolute atomic E-state index is 0.102. The van der Waals surface area contributed by atoms with Crippen molar-refractivity contribution < 1.29 is 80.2 Å². The first-order valence-corrected chi connectivity index (χ1v) is 39.8. The van der Waals surface area contributed by atoms with Crippen LogP contribution in [-0.4, -0.2) is 96.7 Å². The van der Waals surface area contributed by atoms with E-state index in [-0.39, 0.29) is 25.7 Å². The summed E-state index contributed by atoms with van der Waals surface area (Å²) in [6.45, 7) is 11.7. The molecule has 0 aromatic heterocycles. The second-order valence-electron chi connectivity index (χ2n) is 27.1. The van der Waals surface area contributed by atoms with Crippen LogP contribution in [0.5, 0.6) is 0 Å². The lowest BCUT2D eigenvalue weighted by Crippen LogP contribution is -2.30. The molecule has 0 saturated carbocycles. The summed E-state index contributed by atoms with van der Waals surface area (Å²) >= 11 is 0. The number of unbranched alkanes of at least 4 members (excludes halogenated alkanes) is 37. The molecule has 534 valence electrons. The first kappa shape index (κ1) is 88.1. The molecule has 0 aliphatic rings. The number of carbonyl (C=O) groups excluding carboxylic acids is 4. The lowest BCUT2D eigenvalue weighted by Gasteiger charge is -2.21. The van der Waals surface area contributed by atoms with Crippen LogP contribution in [-0.2, 0) is 65.4 Å². The first-order valence-electron chi connectivity index (χ1n) is 36.8. The van der Waals surface area contributed by atoms with Crippen LogP contribution < -0.4 is 0 Å². The number of carbonyl (C=O) groups is 4. The SMILES string of the molecule is CCCCCCCCCCC(=O)OC[C@H](COP(=O)(O)OC[C@H](O)COP(=O)(O)OC[C@@H](COC(=O)CCCCCCCCCCCC(C)C)OC(=O)CCCCCCCCCCCCCCCCCCCCC(C)C)OC(=O)CCCCCCCCC(C)C. The zero-order valence-corrected chi connectivity index (χ0v) is 60.4. The Hall–Kier alpha value is -1.94. The van der Waals surface area contributed by atoms with Gasteiger partial charge in [0.25, 0.3) is 0 Å². The summed E-state index contributed by atoms with van der Waals surface area (Å²) in [6.07, 6.45) is 46.2. The molecule has 0 aromatic rings. The maximum absolute atomic E-state index is 13.0. The van der Waals surface area contributed by atoms with Crippen LogP contribution in [0.4, 0.5) is 0 Å². The molecule has 5 atom stereocenters. The highest BCUT2D eigenvalue weighted by Gasteiger charge is 2.30. The fourth-order valence-corrected chi connectivity index (χ4v) is 12.3. The van der Waals surface area contributed by atoms with Crippen molar-refractivity contribution in [3.05, 3.63) is 0 Å². The van der Waals surface area contributed by atoms with Gasteiger partial charge in [-0.15, -0.1) is 0 Å². The van der Waals surface area contributed by atoms with Crippen LogP contribution in [0.15, 0.2) is 0 Å². The molecular formula is C71H138O17P2. The molecule has 90 heavy (non-hydrogen) atoms. The van der Waals surface area contributed by atoms with E-state index in [1.54, 1.807) is 0 Å². The molecule has 3 N–H and O–H groups in total. The smallest absolute Gasteiger partial charge is 0.462 e. The molecule has 0 fully saturated rings. The predicted octanol–water partition coefficient (Wildman–Crippen LogP) is 20.2. The van der Waals surface area contributed by atoms with Crippen molar-refractivity contribution >= 4 is 39.5 Å². The van der Waals surface area contributed by atoms with Crippen molar-refractivity contribution in [3.8, 4) is 0 Å². The van der Waals surface area contributed by atoms with Gasteiger partial charge < -0.3 is 33.8 Å². The number of ether oxygens (including phenoxy) is 4. The van der Waals surface area contributed by atoms with Gasteiger partial charge in [0.05, 0.1) is 26.4 Å². The zero-order chi connectivity index (χ0) is 66.6. The third-order valence-electron chi connectivity index (χ3n) is 16.4. The van der Waals surface area contributed by atoms with Crippen molar-refractivity contribution in [1.29, 1.82) is 0 Å². The normalized spacial score (nSPS) is 14.2. The minimum atomic E-state index is -4.95. The van der Waals surface area contributed by atoms with Gasteiger partial charge >= 0.3 is 39.5 Å². The van der Waals surface area contributed by atoms with E-state index in [0.29, 0.717) is 31.6 Å². The van der Waals surface area contributed by atoms with Gasteiger partial charge in [0, 0.05) is 25.7 Å². The molecule has 0 amide bonds. The van der Waals surface area contributed by atoms with Crippen molar-refractivity contribution in [2.45, 2.75) is 375 Å². The van der Waals surface area contributed by atoms with Crippen molar-refractivity contribution in [3.63, 3.8) is 0 Å². The van der Waals surface area contributed by atoms with E-state index in [0.717, 1.165) is 108 Å². The lowest BCUT2D eigenvalue weighted by molar-refractivity contribution is -0.161. The first-order chi connectivity index (χ1) is 43.2. The Kier molecular flexibility index (Phi) is 60.6. The molecule has 0 bridgehead atoms. The fraction of sp³-hybridized carbons (Fsp3) is 0.944.